The smallest absolute Gasteiger partial charge is 0.165 e. The average Bonchev–Trinajstić information content (AvgIpc) is 2.28. The number of piperazine rings is 1. The summed E-state index contributed by atoms with van der Waals surface area (Å²) in [5.74, 6) is -0.743. The van der Waals surface area contributed by atoms with Gasteiger partial charge in [-0.05, 0) is 13.1 Å². The maximum atomic E-state index is 13.1. The van der Waals surface area contributed by atoms with Crippen LogP contribution in [0.15, 0.2) is 18.2 Å². The summed E-state index contributed by atoms with van der Waals surface area (Å²) in [4.78, 5) is 4.50. The van der Waals surface area contributed by atoms with Crippen molar-refractivity contribution in [2.45, 2.75) is 6.54 Å². The molecule has 1 aromatic carbocycles. The standard InChI is InChI=1S/C12H17FN2O/c1-14-5-7-15(8-6-14)9-10-3-2-4-11(13)12(10)16/h2-4,16H,5-9H2,1H3. The number of halogens is 1. The molecule has 0 amide bonds. The average molecular weight is 224 g/mol. The van der Waals surface area contributed by atoms with Gasteiger partial charge in [0, 0.05) is 38.3 Å². The first-order valence-electron chi connectivity index (χ1n) is 5.54. The first-order chi connectivity index (χ1) is 7.66. The van der Waals surface area contributed by atoms with Crippen molar-refractivity contribution in [1.29, 1.82) is 0 Å². The molecule has 1 fully saturated rings. The normalized spacial score (nSPS) is 18.9. The number of hydrogen-bond donors (Lipinski definition) is 1. The van der Waals surface area contributed by atoms with Crippen LogP contribution in [-0.2, 0) is 6.54 Å². The molecular formula is C12H17FN2O. The Morgan fingerprint density at radius 3 is 2.62 bits per heavy atom. The first-order valence-corrected chi connectivity index (χ1v) is 5.54. The molecule has 1 aliphatic heterocycles. The monoisotopic (exact) mass is 224 g/mol. The number of rotatable bonds is 2. The Morgan fingerprint density at radius 1 is 1.25 bits per heavy atom. The Labute approximate surface area is 95.1 Å². The van der Waals surface area contributed by atoms with Crippen molar-refractivity contribution in [1.82, 2.24) is 9.80 Å². The number of likely N-dealkylation sites (N-methyl/N-ethyl adjacent to an activating group) is 1. The molecule has 0 aromatic heterocycles. The highest BCUT2D eigenvalue weighted by Gasteiger charge is 2.16. The number of benzene rings is 1. The van der Waals surface area contributed by atoms with Gasteiger partial charge in [0.1, 0.15) is 0 Å². The third-order valence-electron chi connectivity index (χ3n) is 3.06. The summed E-state index contributed by atoms with van der Waals surface area (Å²) in [7, 11) is 2.09. The Morgan fingerprint density at radius 2 is 1.94 bits per heavy atom. The van der Waals surface area contributed by atoms with Crippen molar-refractivity contribution in [2.75, 3.05) is 33.2 Å². The van der Waals surface area contributed by atoms with Gasteiger partial charge in [0.2, 0.25) is 0 Å². The molecule has 0 radical (unpaired) electrons. The number of phenolic OH excluding ortho intramolecular Hbond substituents is 1. The van der Waals surface area contributed by atoms with E-state index in [1.165, 1.54) is 6.07 Å². The molecule has 0 spiro atoms. The van der Waals surface area contributed by atoms with E-state index in [2.05, 4.69) is 16.8 Å². The summed E-state index contributed by atoms with van der Waals surface area (Å²) in [6.07, 6.45) is 0. The van der Waals surface area contributed by atoms with Gasteiger partial charge in [-0.25, -0.2) is 4.39 Å². The van der Waals surface area contributed by atoms with E-state index < -0.39 is 5.82 Å². The molecule has 3 nitrogen and oxygen atoms in total. The van der Waals surface area contributed by atoms with E-state index in [-0.39, 0.29) is 5.75 Å². The van der Waals surface area contributed by atoms with Crippen LogP contribution in [-0.4, -0.2) is 48.1 Å². The second kappa shape index (κ2) is 4.80. The number of nitrogens with zero attached hydrogens (tertiary/aromatic N) is 2. The molecule has 2 rings (SSSR count). The van der Waals surface area contributed by atoms with Gasteiger partial charge in [0.15, 0.2) is 11.6 Å². The Balaban J connectivity index is 2.01. The molecule has 0 unspecified atom stereocenters. The van der Waals surface area contributed by atoms with Crippen LogP contribution in [0.5, 0.6) is 5.75 Å². The lowest BCUT2D eigenvalue weighted by atomic mass is 10.1. The topological polar surface area (TPSA) is 26.7 Å². The van der Waals surface area contributed by atoms with Gasteiger partial charge in [0.25, 0.3) is 0 Å². The first kappa shape index (κ1) is 11.4. The van der Waals surface area contributed by atoms with Gasteiger partial charge < -0.3 is 10.0 Å². The van der Waals surface area contributed by atoms with Crippen molar-refractivity contribution < 1.29 is 9.50 Å². The third kappa shape index (κ3) is 2.51. The van der Waals surface area contributed by atoms with Gasteiger partial charge >= 0.3 is 0 Å². The van der Waals surface area contributed by atoms with E-state index in [4.69, 9.17) is 0 Å². The maximum Gasteiger partial charge on any atom is 0.165 e. The Kier molecular flexibility index (Phi) is 3.41. The molecule has 0 bridgehead atoms. The number of para-hydroxylation sites is 1. The molecule has 1 aromatic rings. The fourth-order valence-electron chi connectivity index (χ4n) is 1.93. The maximum absolute atomic E-state index is 13.1. The largest absolute Gasteiger partial charge is 0.505 e. The lowest BCUT2D eigenvalue weighted by Crippen LogP contribution is -2.43. The molecule has 0 aliphatic carbocycles. The van der Waals surface area contributed by atoms with Crippen LogP contribution in [0, 0.1) is 5.82 Å². The molecular weight excluding hydrogens is 207 g/mol. The SMILES string of the molecule is CN1CCN(Cc2cccc(F)c2O)CC1. The highest BCUT2D eigenvalue weighted by molar-refractivity contribution is 5.33. The molecule has 4 heteroatoms. The minimum absolute atomic E-state index is 0.207. The lowest BCUT2D eigenvalue weighted by Gasteiger charge is -2.32. The molecule has 1 aliphatic rings. The van der Waals surface area contributed by atoms with Crippen LogP contribution < -0.4 is 0 Å². The summed E-state index contributed by atoms with van der Waals surface area (Å²) in [6, 6.07) is 4.69. The van der Waals surface area contributed by atoms with Gasteiger partial charge in [-0.2, -0.15) is 0 Å². The van der Waals surface area contributed by atoms with Gasteiger partial charge in [-0.3, -0.25) is 4.90 Å². The minimum atomic E-state index is -0.536. The molecule has 1 saturated heterocycles. The highest BCUT2D eigenvalue weighted by atomic mass is 19.1. The van der Waals surface area contributed by atoms with Crippen LogP contribution in [0.2, 0.25) is 0 Å². The van der Waals surface area contributed by atoms with E-state index >= 15 is 0 Å². The fourth-order valence-corrected chi connectivity index (χ4v) is 1.93. The Hall–Kier alpha value is -1.13. The van der Waals surface area contributed by atoms with E-state index in [0.29, 0.717) is 12.1 Å². The second-order valence-corrected chi connectivity index (χ2v) is 4.33. The third-order valence-corrected chi connectivity index (χ3v) is 3.06. The molecule has 0 saturated carbocycles. The predicted molar refractivity (Wildman–Crippen MR) is 60.8 cm³/mol. The quantitative estimate of drug-likeness (QED) is 0.819. The van der Waals surface area contributed by atoms with Crippen molar-refractivity contribution in [3.05, 3.63) is 29.6 Å². The van der Waals surface area contributed by atoms with Crippen molar-refractivity contribution in [3.63, 3.8) is 0 Å². The van der Waals surface area contributed by atoms with Crippen LogP contribution >= 0.6 is 0 Å². The Bertz CT molecular complexity index is 362. The summed E-state index contributed by atoms with van der Waals surface area (Å²) >= 11 is 0. The number of aromatic hydroxyl groups is 1. The van der Waals surface area contributed by atoms with Crippen molar-refractivity contribution in [3.8, 4) is 5.75 Å². The zero-order valence-corrected chi connectivity index (χ0v) is 9.49. The number of hydrogen-bond acceptors (Lipinski definition) is 3. The summed E-state index contributed by atoms with van der Waals surface area (Å²) in [5, 5.41) is 9.57. The number of phenols is 1. The van der Waals surface area contributed by atoms with Gasteiger partial charge in [-0.1, -0.05) is 12.1 Å². The van der Waals surface area contributed by atoms with Crippen molar-refractivity contribution >= 4 is 0 Å². The van der Waals surface area contributed by atoms with Crippen LogP contribution in [0.25, 0.3) is 0 Å². The molecule has 1 heterocycles. The zero-order chi connectivity index (χ0) is 11.5. The zero-order valence-electron chi connectivity index (χ0n) is 9.49. The van der Waals surface area contributed by atoms with Crippen molar-refractivity contribution in [2.24, 2.45) is 0 Å². The van der Waals surface area contributed by atoms with Gasteiger partial charge in [-0.15, -0.1) is 0 Å². The summed E-state index contributed by atoms with van der Waals surface area (Å²) in [5.41, 5.74) is 0.671. The highest BCUT2D eigenvalue weighted by Crippen LogP contribution is 2.22. The summed E-state index contributed by atoms with van der Waals surface area (Å²) < 4.78 is 13.1. The van der Waals surface area contributed by atoms with Crippen LogP contribution in [0.3, 0.4) is 0 Å². The van der Waals surface area contributed by atoms with E-state index in [1.807, 2.05) is 0 Å². The lowest BCUT2D eigenvalue weighted by molar-refractivity contribution is 0.147. The molecule has 0 atom stereocenters. The fraction of sp³-hybridized carbons (Fsp3) is 0.500. The molecule has 16 heavy (non-hydrogen) atoms. The summed E-state index contributed by atoms with van der Waals surface area (Å²) in [6.45, 7) is 4.60. The van der Waals surface area contributed by atoms with Crippen LogP contribution in [0.1, 0.15) is 5.56 Å². The van der Waals surface area contributed by atoms with Crippen LogP contribution in [0.4, 0.5) is 4.39 Å². The minimum Gasteiger partial charge on any atom is -0.505 e. The van der Waals surface area contributed by atoms with E-state index in [9.17, 15) is 9.50 Å². The molecule has 88 valence electrons. The predicted octanol–water partition coefficient (Wildman–Crippen LogP) is 1.28. The second-order valence-electron chi connectivity index (χ2n) is 4.33. The van der Waals surface area contributed by atoms with E-state index in [0.717, 1.165) is 26.2 Å². The van der Waals surface area contributed by atoms with Gasteiger partial charge in [0.05, 0.1) is 0 Å². The van der Waals surface area contributed by atoms with E-state index in [1.54, 1.807) is 12.1 Å². The molecule has 1 N–H and O–H groups in total.